The molecular formula is C18H31NO2. The third-order valence-corrected chi connectivity index (χ3v) is 3.72. The van der Waals surface area contributed by atoms with E-state index in [4.69, 9.17) is 4.74 Å². The first-order valence-corrected chi connectivity index (χ1v) is 7.65. The lowest BCUT2D eigenvalue weighted by molar-refractivity contribution is 0.187. The third kappa shape index (κ3) is 5.01. The molecule has 0 aliphatic rings. The van der Waals surface area contributed by atoms with E-state index in [9.17, 15) is 5.11 Å². The molecule has 0 spiro atoms. The number of hydrogen-bond acceptors (Lipinski definition) is 3. The van der Waals surface area contributed by atoms with Crippen LogP contribution in [0, 0.1) is 0 Å². The van der Waals surface area contributed by atoms with E-state index < -0.39 is 0 Å². The van der Waals surface area contributed by atoms with Crippen LogP contribution >= 0.6 is 0 Å². The minimum absolute atomic E-state index is 0.0188. The molecule has 1 aromatic rings. The van der Waals surface area contributed by atoms with E-state index in [0.29, 0.717) is 6.61 Å². The number of aliphatic hydroxyl groups is 1. The predicted molar refractivity (Wildman–Crippen MR) is 89.3 cm³/mol. The van der Waals surface area contributed by atoms with Crippen LogP contribution < -0.4 is 10.1 Å². The quantitative estimate of drug-likeness (QED) is 0.875. The van der Waals surface area contributed by atoms with Crippen LogP contribution in [0.15, 0.2) is 18.2 Å². The summed E-state index contributed by atoms with van der Waals surface area (Å²) in [6, 6.07) is 6.41. The van der Waals surface area contributed by atoms with Gasteiger partial charge >= 0.3 is 0 Å². The molecule has 1 aromatic carbocycles. The number of nitrogens with one attached hydrogen (secondary N) is 1. The van der Waals surface area contributed by atoms with Crippen molar-refractivity contribution < 1.29 is 9.84 Å². The van der Waals surface area contributed by atoms with Crippen molar-refractivity contribution in [2.75, 3.05) is 20.3 Å². The fourth-order valence-corrected chi connectivity index (χ4v) is 2.13. The Bertz CT molecular complexity index is 451. The Morgan fingerprint density at radius 3 is 2.14 bits per heavy atom. The van der Waals surface area contributed by atoms with E-state index in [2.05, 4.69) is 65.1 Å². The van der Waals surface area contributed by atoms with Crippen LogP contribution in [0.3, 0.4) is 0 Å². The van der Waals surface area contributed by atoms with Crippen LogP contribution in [0.4, 0.5) is 0 Å². The Kier molecular flexibility index (Phi) is 5.83. The molecular weight excluding hydrogens is 262 g/mol. The molecule has 0 aliphatic heterocycles. The first-order valence-electron chi connectivity index (χ1n) is 7.65. The van der Waals surface area contributed by atoms with Crippen LogP contribution in [0.2, 0.25) is 0 Å². The molecule has 120 valence electrons. The first-order chi connectivity index (χ1) is 9.59. The Morgan fingerprint density at radius 1 is 1.10 bits per heavy atom. The van der Waals surface area contributed by atoms with Gasteiger partial charge in [-0.2, -0.15) is 0 Å². The summed E-state index contributed by atoms with van der Waals surface area (Å²) in [6.45, 7) is 13.8. The lowest BCUT2D eigenvalue weighted by Crippen LogP contribution is -2.35. The average molecular weight is 293 g/mol. The maximum atomic E-state index is 9.24. The largest absolute Gasteiger partial charge is 0.492 e. The highest BCUT2D eigenvalue weighted by molar-refractivity contribution is 5.43. The second-order valence-corrected chi connectivity index (χ2v) is 7.69. The summed E-state index contributed by atoms with van der Waals surface area (Å²) in [5.41, 5.74) is 2.66. The van der Waals surface area contributed by atoms with Gasteiger partial charge < -0.3 is 15.2 Å². The van der Waals surface area contributed by atoms with Gasteiger partial charge in [-0.05, 0) is 35.1 Å². The maximum Gasteiger partial charge on any atom is 0.123 e. The molecule has 3 nitrogen and oxygen atoms in total. The highest BCUT2D eigenvalue weighted by Gasteiger charge is 2.23. The molecule has 3 heteroatoms. The van der Waals surface area contributed by atoms with Gasteiger partial charge in [0.2, 0.25) is 0 Å². The number of benzene rings is 1. The van der Waals surface area contributed by atoms with E-state index >= 15 is 0 Å². The van der Waals surface area contributed by atoms with Gasteiger partial charge in [-0.25, -0.2) is 0 Å². The van der Waals surface area contributed by atoms with Crippen molar-refractivity contribution in [3.8, 4) is 5.75 Å². The molecule has 1 rings (SSSR count). The molecule has 0 radical (unpaired) electrons. The fourth-order valence-electron chi connectivity index (χ4n) is 2.13. The summed E-state index contributed by atoms with van der Waals surface area (Å²) in [7, 11) is 1.83. The normalized spacial score (nSPS) is 14.1. The smallest absolute Gasteiger partial charge is 0.123 e. The Morgan fingerprint density at radius 2 is 1.71 bits per heavy atom. The zero-order valence-corrected chi connectivity index (χ0v) is 14.6. The maximum absolute atomic E-state index is 9.24. The monoisotopic (exact) mass is 293 g/mol. The lowest BCUT2D eigenvalue weighted by Gasteiger charge is -2.28. The summed E-state index contributed by atoms with van der Waals surface area (Å²) in [5, 5.41) is 12.3. The second kappa shape index (κ2) is 6.80. The predicted octanol–water partition coefficient (Wildman–Crippen LogP) is 3.24. The Hall–Kier alpha value is -1.06. The molecule has 0 aromatic heterocycles. The third-order valence-electron chi connectivity index (χ3n) is 3.72. The number of rotatable bonds is 5. The van der Waals surface area contributed by atoms with Gasteiger partial charge in [0.25, 0.3) is 0 Å². The van der Waals surface area contributed by atoms with Gasteiger partial charge in [-0.1, -0.05) is 53.7 Å². The molecule has 0 bridgehead atoms. The van der Waals surface area contributed by atoms with Crippen molar-refractivity contribution in [1.82, 2.24) is 5.32 Å². The summed E-state index contributed by atoms with van der Waals surface area (Å²) in [4.78, 5) is 0. The Labute approximate surface area is 129 Å². The van der Waals surface area contributed by atoms with Gasteiger partial charge in [0.15, 0.2) is 0 Å². The topological polar surface area (TPSA) is 41.5 Å². The second-order valence-electron chi connectivity index (χ2n) is 7.69. The van der Waals surface area contributed by atoms with Crippen LogP contribution in [0.25, 0.3) is 0 Å². The molecule has 0 fully saturated rings. The number of aliphatic hydroxyl groups excluding tert-OH is 1. The van der Waals surface area contributed by atoms with Crippen molar-refractivity contribution in [3.63, 3.8) is 0 Å². The number of likely N-dealkylation sites (N-methyl/N-ethyl adjacent to an activating group) is 1. The number of ether oxygens (including phenoxy) is 1. The van der Waals surface area contributed by atoms with Gasteiger partial charge in [-0.15, -0.1) is 0 Å². The molecule has 0 saturated carbocycles. The fraction of sp³-hybridized carbons (Fsp3) is 0.667. The highest BCUT2D eigenvalue weighted by atomic mass is 16.5. The van der Waals surface area contributed by atoms with Gasteiger partial charge in [0, 0.05) is 0 Å². The summed E-state index contributed by atoms with van der Waals surface area (Å²) in [5.74, 6) is 0.907. The minimum atomic E-state index is -0.0416. The minimum Gasteiger partial charge on any atom is -0.492 e. The zero-order chi connectivity index (χ0) is 16.3. The summed E-state index contributed by atoms with van der Waals surface area (Å²) < 4.78 is 5.95. The standard InChI is InChI=1S/C18H31NO2/c1-17(2,3)13-8-9-16(15(10-13)18(4,5)6)21-12-14(11-20)19-7/h8-10,14,19-20H,11-12H2,1-7H3. The average Bonchev–Trinajstić information content (AvgIpc) is 2.37. The summed E-state index contributed by atoms with van der Waals surface area (Å²) in [6.07, 6.45) is 0. The Balaban J connectivity index is 3.09. The van der Waals surface area contributed by atoms with Crippen LogP contribution in [-0.2, 0) is 10.8 Å². The number of hydrogen-bond donors (Lipinski definition) is 2. The van der Waals surface area contributed by atoms with Crippen molar-refractivity contribution in [2.45, 2.75) is 58.4 Å². The van der Waals surface area contributed by atoms with E-state index in [-0.39, 0.29) is 23.5 Å². The SMILES string of the molecule is CNC(CO)COc1ccc(C(C)(C)C)cc1C(C)(C)C. The zero-order valence-electron chi connectivity index (χ0n) is 14.6. The molecule has 1 atom stereocenters. The molecule has 2 N–H and O–H groups in total. The van der Waals surface area contributed by atoms with Gasteiger partial charge in [-0.3, -0.25) is 0 Å². The molecule has 0 amide bonds. The first kappa shape index (κ1) is 18.0. The van der Waals surface area contributed by atoms with Crippen molar-refractivity contribution >= 4 is 0 Å². The van der Waals surface area contributed by atoms with E-state index in [1.807, 2.05) is 7.05 Å². The van der Waals surface area contributed by atoms with E-state index in [0.717, 1.165) is 5.75 Å². The van der Waals surface area contributed by atoms with Crippen LogP contribution in [0.1, 0.15) is 52.7 Å². The van der Waals surface area contributed by atoms with Crippen molar-refractivity contribution in [2.24, 2.45) is 0 Å². The molecule has 0 aliphatic carbocycles. The molecule has 0 saturated heterocycles. The van der Waals surface area contributed by atoms with E-state index in [1.165, 1.54) is 11.1 Å². The van der Waals surface area contributed by atoms with Crippen LogP contribution in [0.5, 0.6) is 5.75 Å². The molecule has 1 unspecified atom stereocenters. The van der Waals surface area contributed by atoms with Crippen molar-refractivity contribution in [1.29, 1.82) is 0 Å². The summed E-state index contributed by atoms with van der Waals surface area (Å²) >= 11 is 0. The van der Waals surface area contributed by atoms with Crippen molar-refractivity contribution in [3.05, 3.63) is 29.3 Å². The van der Waals surface area contributed by atoms with Crippen LogP contribution in [-0.4, -0.2) is 31.4 Å². The van der Waals surface area contributed by atoms with Gasteiger partial charge in [0.1, 0.15) is 12.4 Å². The highest BCUT2D eigenvalue weighted by Crippen LogP contribution is 2.35. The lowest BCUT2D eigenvalue weighted by atomic mass is 9.80. The van der Waals surface area contributed by atoms with E-state index in [1.54, 1.807) is 0 Å². The molecule has 21 heavy (non-hydrogen) atoms. The van der Waals surface area contributed by atoms with Gasteiger partial charge in [0.05, 0.1) is 12.6 Å². The molecule has 0 heterocycles.